The maximum Gasteiger partial charge on any atom is 0.130 e. The maximum atomic E-state index is 5.72. The summed E-state index contributed by atoms with van der Waals surface area (Å²) in [5.41, 5.74) is 3.13. The molecule has 0 aliphatic rings. The van der Waals surface area contributed by atoms with Crippen molar-refractivity contribution in [3.8, 4) is 5.75 Å². The van der Waals surface area contributed by atoms with Gasteiger partial charge < -0.3 is 4.74 Å². The summed E-state index contributed by atoms with van der Waals surface area (Å²) >= 11 is 0. The first-order valence-corrected chi connectivity index (χ1v) is 5.36. The Kier molecular flexibility index (Phi) is 3.20. The third kappa shape index (κ3) is 2.60. The first-order valence-electron chi connectivity index (χ1n) is 5.36. The zero-order valence-electron chi connectivity index (χ0n) is 9.60. The molecule has 0 fully saturated rings. The van der Waals surface area contributed by atoms with Gasteiger partial charge in [0.2, 0.25) is 0 Å². The molecular weight excluding hydrogens is 198 g/mol. The fraction of sp³-hybridized carbons (Fsp3) is 0.214. The van der Waals surface area contributed by atoms with Crippen molar-refractivity contribution in [2.45, 2.75) is 20.5 Å². The molecule has 0 bridgehead atoms. The van der Waals surface area contributed by atoms with E-state index in [1.807, 2.05) is 56.3 Å². The molecule has 82 valence electrons. The summed E-state index contributed by atoms with van der Waals surface area (Å²) in [5.74, 6) is 0.922. The number of nitrogens with zero attached hydrogens (tertiary/aromatic N) is 1. The number of ether oxygens (including phenoxy) is 1. The third-order valence-corrected chi connectivity index (χ3v) is 2.42. The second kappa shape index (κ2) is 4.79. The second-order valence-electron chi connectivity index (χ2n) is 3.82. The normalized spacial score (nSPS) is 10.1. The molecule has 2 heteroatoms. The molecule has 2 aromatic rings. The van der Waals surface area contributed by atoms with Crippen LogP contribution in [0.3, 0.4) is 0 Å². The summed E-state index contributed by atoms with van der Waals surface area (Å²) in [6.07, 6.45) is 0. The average molecular weight is 213 g/mol. The molecule has 0 aliphatic carbocycles. The summed E-state index contributed by atoms with van der Waals surface area (Å²) in [7, 11) is 0. The lowest BCUT2D eigenvalue weighted by atomic mass is 10.2. The van der Waals surface area contributed by atoms with Crippen LogP contribution >= 0.6 is 0 Å². The predicted octanol–water partition coefficient (Wildman–Crippen LogP) is 3.28. The van der Waals surface area contributed by atoms with Crippen molar-refractivity contribution in [2.24, 2.45) is 0 Å². The van der Waals surface area contributed by atoms with Gasteiger partial charge in [0, 0.05) is 5.69 Å². The third-order valence-electron chi connectivity index (χ3n) is 2.42. The van der Waals surface area contributed by atoms with Crippen LogP contribution in [0.25, 0.3) is 0 Å². The molecule has 2 nitrogen and oxygen atoms in total. The molecule has 1 aromatic carbocycles. The van der Waals surface area contributed by atoms with E-state index < -0.39 is 0 Å². The van der Waals surface area contributed by atoms with Gasteiger partial charge >= 0.3 is 0 Å². The van der Waals surface area contributed by atoms with Crippen LogP contribution in [0.2, 0.25) is 0 Å². The van der Waals surface area contributed by atoms with Gasteiger partial charge in [0.05, 0.1) is 5.69 Å². The second-order valence-corrected chi connectivity index (χ2v) is 3.82. The van der Waals surface area contributed by atoms with Crippen LogP contribution in [0.5, 0.6) is 5.75 Å². The molecule has 0 radical (unpaired) electrons. The minimum atomic E-state index is 0.520. The van der Waals surface area contributed by atoms with Crippen LogP contribution in [0, 0.1) is 13.8 Å². The number of hydrogen-bond donors (Lipinski definition) is 0. The molecule has 0 saturated heterocycles. The summed E-state index contributed by atoms with van der Waals surface area (Å²) in [6.45, 7) is 4.54. The lowest BCUT2D eigenvalue weighted by Crippen LogP contribution is -1.99. The Hall–Kier alpha value is -1.83. The van der Waals surface area contributed by atoms with Crippen molar-refractivity contribution in [3.63, 3.8) is 0 Å². The van der Waals surface area contributed by atoms with Gasteiger partial charge in [-0.1, -0.05) is 24.3 Å². The van der Waals surface area contributed by atoms with Gasteiger partial charge in [-0.2, -0.15) is 0 Å². The molecule has 16 heavy (non-hydrogen) atoms. The van der Waals surface area contributed by atoms with Crippen molar-refractivity contribution in [2.75, 3.05) is 0 Å². The highest BCUT2D eigenvalue weighted by Crippen LogP contribution is 2.17. The molecule has 0 unspecified atom stereocenters. The monoisotopic (exact) mass is 213 g/mol. The van der Waals surface area contributed by atoms with Crippen LogP contribution < -0.4 is 4.74 Å². The van der Waals surface area contributed by atoms with E-state index in [1.54, 1.807) is 0 Å². The minimum Gasteiger partial charge on any atom is -0.487 e. The van der Waals surface area contributed by atoms with Crippen LogP contribution in [0.4, 0.5) is 0 Å². The van der Waals surface area contributed by atoms with Crippen LogP contribution in [0.15, 0.2) is 42.5 Å². The van der Waals surface area contributed by atoms with E-state index in [1.165, 1.54) is 0 Å². The van der Waals surface area contributed by atoms with Gasteiger partial charge in [0.1, 0.15) is 12.4 Å². The lowest BCUT2D eigenvalue weighted by molar-refractivity contribution is 0.299. The average Bonchev–Trinajstić information content (AvgIpc) is 2.28. The Bertz CT molecular complexity index is 480. The van der Waals surface area contributed by atoms with Gasteiger partial charge in [-0.05, 0) is 37.6 Å². The number of benzene rings is 1. The molecule has 0 atom stereocenters. The van der Waals surface area contributed by atoms with E-state index in [2.05, 4.69) is 4.98 Å². The predicted molar refractivity (Wildman–Crippen MR) is 64.5 cm³/mol. The maximum absolute atomic E-state index is 5.72. The molecule has 0 saturated carbocycles. The fourth-order valence-corrected chi connectivity index (χ4v) is 1.55. The Labute approximate surface area is 95.9 Å². The molecule has 0 N–H and O–H groups in total. The van der Waals surface area contributed by atoms with Gasteiger partial charge in [-0.3, -0.25) is 4.98 Å². The van der Waals surface area contributed by atoms with Crippen molar-refractivity contribution < 1.29 is 4.74 Å². The molecule has 2 rings (SSSR count). The highest BCUT2D eigenvalue weighted by Gasteiger charge is 1.99. The SMILES string of the molecule is Cc1cccc(COc2ccccc2C)n1. The van der Waals surface area contributed by atoms with Crippen molar-refractivity contribution >= 4 is 0 Å². The van der Waals surface area contributed by atoms with Gasteiger partial charge in [0.15, 0.2) is 0 Å². The zero-order chi connectivity index (χ0) is 11.4. The Morgan fingerprint density at radius 1 is 1.00 bits per heavy atom. The Morgan fingerprint density at radius 2 is 1.81 bits per heavy atom. The highest BCUT2D eigenvalue weighted by molar-refractivity contribution is 5.31. The summed E-state index contributed by atoms with van der Waals surface area (Å²) < 4.78 is 5.72. The quantitative estimate of drug-likeness (QED) is 0.780. The topological polar surface area (TPSA) is 22.1 Å². The number of para-hydroxylation sites is 1. The van der Waals surface area contributed by atoms with Crippen molar-refractivity contribution in [1.29, 1.82) is 0 Å². The van der Waals surface area contributed by atoms with Crippen LogP contribution in [-0.2, 0) is 6.61 Å². The standard InChI is InChI=1S/C14H15NO/c1-11-6-3-4-9-14(11)16-10-13-8-5-7-12(2)15-13/h3-9H,10H2,1-2H3. The van der Waals surface area contributed by atoms with E-state index in [9.17, 15) is 0 Å². The smallest absolute Gasteiger partial charge is 0.130 e. The van der Waals surface area contributed by atoms with Crippen molar-refractivity contribution in [3.05, 3.63) is 59.4 Å². The van der Waals surface area contributed by atoms with Gasteiger partial charge in [0.25, 0.3) is 0 Å². The zero-order valence-corrected chi connectivity index (χ0v) is 9.60. The molecule has 1 aromatic heterocycles. The summed E-state index contributed by atoms with van der Waals surface area (Å²) in [4.78, 5) is 4.39. The van der Waals surface area contributed by atoms with Crippen LogP contribution in [0.1, 0.15) is 17.0 Å². The van der Waals surface area contributed by atoms with E-state index >= 15 is 0 Å². The van der Waals surface area contributed by atoms with Crippen LogP contribution in [-0.4, -0.2) is 4.98 Å². The lowest BCUT2D eigenvalue weighted by Gasteiger charge is -2.08. The minimum absolute atomic E-state index is 0.520. The van der Waals surface area contributed by atoms with E-state index in [4.69, 9.17) is 4.74 Å². The summed E-state index contributed by atoms with van der Waals surface area (Å²) in [6, 6.07) is 14.0. The molecule has 0 amide bonds. The number of pyridine rings is 1. The van der Waals surface area contributed by atoms with E-state index in [-0.39, 0.29) is 0 Å². The number of hydrogen-bond acceptors (Lipinski definition) is 2. The first-order chi connectivity index (χ1) is 7.75. The first kappa shape index (κ1) is 10.7. The molecule has 1 heterocycles. The Morgan fingerprint density at radius 3 is 2.56 bits per heavy atom. The van der Waals surface area contributed by atoms with E-state index in [0.717, 1.165) is 22.7 Å². The van der Waals surface area contributed by atoms with Gasteiger partial charge in [-0.15, -0.1) is 0 Å². The number of aromatic nitrogens is 1. The van der Waals surface area contributed by atoms with Gasteiger partial charge in [-0.25, -0.2) is 0 Å². The Balaban J connectivity index is 2.05. The highest BCUT2D eigenvalue weighted by atomic mass is 16.5. The van der Waals surface area contributed by atoms with E-state index in [0.29, 0.717) is 6.61 Å². The fourth-order valence-electron chi connectivity index (χ4n) is 1.55. The molecule has 0 aliphatic heterocycles. The molecule has 0 spiro atoms. The number of rotatable bonds is 3. The molecular formula is C14H15NO. The largest absolute Gasteiger partial charge is 0.487 e. The summed E-state index contributed by atoms with van der Waals surface area (Å²) in [5, 5.41) is 0. The van der Waals surface area contributed by atoms with Crippen molar-refractivity contribution in [1.82, 2.24) is 4.98 Å². The number of aryl methyl sites for hydroxylation is 2.